The molecule has 108 valence electrons. The molecular weight excluding hydrogens is 254 g/mol. The Hall–Kier alpha value is -1.85. The summed E-state index contributed by atoms with van der Waals surface area (Å²) in [5.41, 5.74) is 2.08. The molecule has 0 aliphatic heterocycles. The Labute approximate surface area is 119 Å². The van der Waals surface area contributed by atoms with E-state index >= 15 is 0 Å². The first-order valence-corrected chi connectivity index (χ1v) is 6.73. The van der Waals surface area contributed by atoms with Gasteiger partial charge in [0.15, 0.2) is 0 Å². The second-order valence-corrected chi connectivity index (χ2v) is 4.44. The van der Waals surface area contributed by atoms with Crippen LogP contribution in [0.4, 0.5) is 5.95 Å². The van der Waals surface area contributed by atoms with Crippen molar-refractivity contribution >= 4 is 5.95 Å². The van der Waals surface area contributed by atoms with E-state index in [0.717, 1.165) is 17.3 Å². The van der Waals surface area contributed by atoms with Crippen molar-refractivity contribution in [2.24, 2.45) is 0 Å². The lowest BCUT2D eigenvalue weighted by Crippen LogP contribution is -2.14. The van der Waals surface area contributed by atoms with Crippen LogP contribution in [0.2, 0.25) is 0 Å². The molecule has 0 radical (unpaired) electrons. The Morgan fingerprint density at radius 1 is 1.15 bits per heavy atom. The Morgan fingerprint density at radius 2 is 1.95 bits per heavy atom. The zero-order valence-electron chi connectivity index (χ0n) is 12.0. The van der Waals surface area contributed by atoms with E-state index in [1.165, 1.54) is 0 Å². The van der Waals surface area contributed by atoms with Crippen LogP contribution < -0.4 is 5.32 Å². The summed E-state index contributed by atoms with van der Waals surface area (Å²) in [6.07, 6.45) is 2.02. The summed E-state index contributed by atoms with van der Waals surface area (Å²) in [6, 6.07) is 10.2. The van der Waals surface area contributed by atoms with E-state index < -0.39 is 0 Å². The monoisotopic (exact) mass is 275 g/mol. The predicted molar refractivity (Wildman–Crippen MR) is 79.5 cm³/mol. The maximum absolute atomic E-state index is 5.42. The van der Waals surface area contributed by atoms with Gasteiger partial charge in [-0.3, -0.25) is 4.57 Å². The van der Waals surface area contributed by atoms with Crippen molar-refractivity contribution in [3.63, 3.8) is 0 Å². The molecule has 1 aromatic carbocycles. The van der Waals surface area contributed by atoms with Gasteiger partial charge in [0.05, 0.1) is 25.5 Å². The summed E-state index contributed by atoms with van der Waals surface area (Å²) in [4.78, 5) is 4.49. The van der Waals surface area contributed by atoms with Gasteiger partial charge in [0.1, 0.15) is 0 Å². The number of nitrogens with zero attached hydrogens (tertiary/aromatic N) is 2. The smallest absolute Gasteiger partial charge is 0.207 e. The van der Waals surface area contributed by atoms with Crippen LogP contribution in [-0.4, -0.2) is 43.0 Å². The maximum Gasteiger partial charge on any atom is 0.207 e. The van der Waals surface area contributed by atoms with Gasteiger partial charge in [-0.05, 0) is 19.1 Å². The van der Waals surface area contributed by atoms with E-state index in [0.29, 0.717) is 26.4 Å². The summed E-state index contributed by atoms with van der Waals surface area (Å²) in [7, 11) is 1.67. The molecule has 2 rings (SSSR count). The number of anilines is 1. The number of methoxy groups -OCH3 is 1. The fourth-order valence-corrected chi connectivity index (χ4v) is 1.89. The third-order valence-corrected chi connectivity index (χ3v) is 2.82. The van der Waals surface area contributed by atoms with Crippen molar-refractivity contribution in [3.8, 4) is 5.69 Å². The third-order valence-electron chi connectivity index (χ3n) is 2.82. The van der Waals surface area contributed by atoms with Crippen molar-refractivity contribution in [3.05, 3.63) is 42.2 Å². The Morgan fingerprint density at radius 3 is 2.70 bits per heavy atom. The van der Waals surface area contributed by atoms with Crippen LogP contribution in [0.15, 0.2) is 36.5 Å². The first kappa shape index (κ1) is 14.6. The maximum atomic E-state index is 5.42. The average molecular weight is 275 g/mol. The first-order valence-electron chi connectivity index (χ1n) is 6.73. The highest BCUT2D eigenvalue weighted by atomic mass is 16.5. The van der Waals surface area contributed by atoms with E-state index in [1.807, 2.05) is 35.9 Å². The normalized spacial score (nSPS) is 10.7. The van der Waals surface area contributed by atoms with E-state index in [9.17, 15) is 0 Å². The zero-order chi connectivity index (χ0) is 14.2. The second kappa shape index (κ2) is 7.67. The minimum Gasteiger partial charge on any atom is -0.382 e. The van der Waals surface area contributed by atoms with Gasteiger partial charge in [0, 0.05) is 25.5 Å². The largest absolute Gasteiger partial charge is 0.382 e. The lowest BCUT2D eigenvalue weighted by molar-refractivity contribution is 0.0758. The molecule has 1 aromatic heterocycles. The van der Waals surface area contributed by atoms with E-state index in [1.54, 1.807) is 7.11 Å². The van der Waals surface area contributed by atoms with E-state index in [-0.39, 0.29) is 0 Å². The minimum atomic E-state index is 0.615. The summed E-state index contributed by atoms with van der Waals surface area (Å²) in [5, 5.41) is 3.30. The molecule has 0 aliphatic carbocycles. The van der Waals surface area contributed by atoms with Gasteiger partial charge < -0.3 is 14.8 Å². The average Bonchev–Trinajstić information content (AvgIpc) is 2.85. The number of aryl methyl sites for hydroxylation is 1. The third kappa shape index (κ3) is 4.08. The topological polar surface area (TPSA) is 48.3 Å². The van der Waals surface area contributed by atoms with Crippen molar-refractivity contribution in [2.45, 2.75) is 6.92 Å². The fraction of sp³-hybridized carbons (Fsp3) is 0.400. The van der Waals surface area contributed by atoms with Gasteiger partial charge in [0.2, 0.25) is 5.95 Å². The summed E-state index contributed by atoms with van der Waals surface area (Å²) in [5.74, 6) is 0.837. The molecule has 0 bridgehead atoms. The fourth-order valence-electron chi connectivity index (χ4n) is 1.89. The van der Waals surface area contributed by atoms with Gasteiger partial charge in [-0.1, -0.05) is 18.2 Å². The van der Waals surface area contributed by atoms with Crippen LogP contribution in [0.3, 0.4) is 0 Å². The number of hydrogen-bond acceptors (Lipinski definition) is 4. The van der Waals surface area contributed by atoms with Crippen LogP contribution in [0, 0.1) is 6.92 Å². The van der Waals surface area contributed by atoms with Gasteiger partial charge in [-0.25, -0.2) is 4.98 Å². The number of ether oxygens (including phenoxy) is 2. The molecule has 2 aromatic rings. The molecule has 1 heterocycles. The van der Waals surface area contributed by atoms with Gasteiger partial charge >= 0.3 is 0 Å². The molecule has 0 amide bonds. The first-order chi connectivity index (χ1) is 9.81. The Balaban J connectivity index is 1.92. The highest BCUT2D eigenvalue weighted by Gasteiger charge is 2.06. The number of benzene rings is 1. The zero-order valence-corrected chi connectivity index (χ0v) is 12.0. The van der Waals surface area contributed by atoms with Crippen molar-refractivity contribution in [1.82, 2.24) is 9.55 Å². The van der Waals surface area contributed by atoms with Crippen LogP contribution in [-0.2, 0) is 9.47 Å². The number of hydrogen-bond donors (Lipinski definition) is 1. The van der Waals surface area contributed by atoms with Crippen molar-refractivity contribution < 1.29 is 9.47 Å². The Bertz CT molecular complexity index is 511. The molecule has 0 saturated carbocycles. The summed E-state index contributed by atoms with van der Waals surface area (Å²) in [6.45, 7) is 4.57. The van der Waals surface area contributed by atoms with E-state index in [2.05, 4.69) is 22.4 Å². The minimum absolute atomic E-state index is 0.615. The molecular formula is C15H21N3O2. The molecule has 0 saturated heterocycles. The highest BCUT2D eigenvalue weighted by molar-refractivity contribution is 5.42. The standard InChI is InChI=1S/C15H21N3O2/c1-13-12-18(14-6-4-3-5-7-14)15(17-13)16-8-9-20-11-10-19-2/h3-7,12H,8-11H2,1-2H3,(H,16,17). The molecule has 0 spiro atoms. The number of rotatable bonds is 8. The molecule has 0 atom stereocenters. The molecule has 0 unspecified atom stereocenters. The molecule has 0 fully saturated rings. The molecule has 5 nitrogen and oxygen atoms in total. The van der Waals surface area contributed by atoms with Crippen molar-refractivity contribution in [1.29, 1.82) is 0 Å². The lowest BCUT2D eigenvalue weighted by atomic mass is 10.3. The predicted octanol–water partition coefficient (Wildman–Crippen LogP) is 2.26. The number of para-hydroxylation sites is 1. The molecule has 5 heteroatoms. The van der Waals surface area contributed by atoms with Crippen LogP contribution in [0.25, 0.3) is 5.69 Å². The number of nitrogens with one attached hydrogen (secondary N) is 1. The van der Waals surface area contributed by atoms with E-state index in [4.69, 9.17) is 9.47 Å². The van der Waals surface area contributed by atoms with Crippen LogP contribution >= 0.6 is 0 Å². The SMILES string of the molecule is COCCOCCNc1nc(C)cn1-c1ccccc1. The van der Waals surface area contributed by atoms with Gasteiger partial charge in [-0.15, -0.1) is 0 Å². The summed E-state index contributed by atoms with van der Waals surface area (Å²) < 4.78 is 12.4. The van der Waals surface area contributed by atoms with Crippen LogP contribution in [0.5, 0.6) is 0 Å². The molecule has 20 heavy (non-hydrogen) atoms. The molecule has 0 aliphatic rings. The number of aromatic nitrogens is 2. The molecule has 1 N–H and O–H groups in total. The summed E-state index contributed by atoms with van der Waals surface area (Å²) >= 11 is 0. The second-order valence-electron chi connectivity index (χ2n) is 4.44. The van der Waals surface area contributed by atoms with Crippen LogP contribution in [0.1, 0.15) is 5.69 Å². The number of imidazole rings is 1. The lowest BCUT2D eigenvalue weighted by Gasteiger charge is -2.10. The van der Waals surface area contributed by atoms with Crippen molar-refractivity contribution in [2.75, 3.05) is 38.8 Å². The van der Waals surface area contributed by atoms with Gasteiger partial charge in [0.25, 0.3) is 0 Å². The highest BCUT2D eigenvalue weighted by Crippen LogP contribution is 2.15. The van der Waals surface area contributed by atoms with Gasteiger partial charge in [-0.2, -0.15) is 0 Å². The Kier molecular flexibility index (Phi) is 5.58. The quantitative estimate of drug-likeness (QED) is 0.751.